The van der Waals surface area contributed by atoms with Crippen LogP contribution in [0.4, 0.5) is 5.69 Å². The van der Waals surface area contributed by atoms with Crippen molar-refractivity contribution in [2.75, 3.05) is 31.7 Å². The predicted molar refractivity (Wildman–Crippen MR) is 87.4 cm³/mol. The lowest BCUT2D eigenvalue weighted by atomic mass is 10.1. The van der Waals surface area contributed by atoms with Gasteiger partial charge in [0.1, 0.15) is 11.8 Å². The van der Waals surface area contributed by atoms with Gasteiger partial charge in [-0.25, -0.2) is 0 Å². The van der Waals surface area contributed by atoms with E-state index < -0.39 is 0 Å². The van der Waals surface area contributed by atoms with Crippen molar-refractivity contribution in [3.8, 4) is 5.75 Å². The number of hydrogen-bond donors (Lipinski definition) is 2. The highest BCUT2D eigenvalue weighted by atomic mass is 16.5. The molecule has 0 spiro atoms. The lowest BCUT2D eigenvalue weighted by molar-refractivity contribution is -0.120. The van der Waals surface area contributed by atoms with Crippen LogP contribution in [0.1, 0.15) is 25.8 Å². The third-order valence-corrected chi connectivity index (χ3v) is 3.65. The smallest absolute Gasteiger partial charge is 0.243 e. The lowest BCUT2D eigenvalue weighted by Gasteiger charge is -2.23. The van der Waals surface area contributed by atoms with Gasteiger partial charge in [0.2, 0.25) is 5.91 Å². The molecule has 1 atom stereocenters. The second-order valence-corrected chi connectivity index (χ2v) is 6.08. The van der Waals surface area contributed by atoms with Crippen molar-refractivity contribution in [1.82, 2.24) is 5.32 Å². The standard InChI is InChI=1S/C17H26N2O3/c1-12(2)6-8-22-16-10-14(5-4-13(16)3)19-17(20)15-11-21-9-7-18-15/h4-5,10,12,15,18H,6-9,11H2,1-3H3,(H,19,20). The van der Waals surface area contributed by atoms with Gasteiger partial charge in [-0.2, -0.15) is 0 Å². The number of hydrogen-bond acceptors (Lipinski definition) is 4. The molecule has 2 N–H and O–H groups in total. The fraction of sp³-hybridized carbons (Fsp3) is 0.588. The van der Waals surface area contributed by atoms with Crippen LogP contribution in [-0.4, -0.2) is 38.3 Å². The van der Waals surface area contributed by atoms with Crippen LogP contribution in [0.5, 0.6) is 5.75 Å². The second-order valence-electron chi connectivity index (χ2n) is 6.08. The molecule has 122 valence electrons. The van der Waals surface area contributed by atoms with Crippen molar-refractivity contribution < 1.29 is 14.3 Å². The molecule has 5 nitrogen and oxygen atoms in total. The molecule has 1 aromatic carbocycles. The second kappa shape index (κ2) is 8.15. The molecule has 0 aromatic heterocycles. The summed E-state index contributed by atoms with van der Waals surface area (Å²) in [4.78, 5) is 12.2. The highest BCUT2D eigenvalue weighted by Crippen LogP contribution is 2.23. The zero-order chi connectivity index (χ0) is 15.9. The van der Waals surface area contributed by atoms with Crippen molar-refractivity contribution in [3.63, 3.8) is 0 Å². The minimum absolute atomic E-state index is 0.0725. The van der Waals surface area contributed by atoms with Crippen LogP contribution in [0.3, 0.4) is 0 Å². The average Bonchev–Trinajstić information content (AvgIpc) is 2.51. The van der Waals surface area contributed by atoms with Crippen LogP contribution in [0.2, 0.25) is 0 Å². The van der Waals surface area contributed by atoms with Gasteiger partial charge in [0.25, 0.3) is 0 Å². The first-order chi connectivity index (χ1) is 10.6. The van der Waals surface area contributed by atoms with E-state index in [1.54, 1.807) is 0 Å². The van der Waals surface area contributed by atoms with E-state index in [1.165, 1.54) is 0 Å². The van der Waals surface area contributed by atoms with Gasteiger partial charge in [0, 0.05) is 18.3 Å². The molecule has 1 fully saturated rings. The molecule has 1 amide bonds. The molecule has 0 saturated carbocycles. The summed E-state index contributed by atoms with van der Waals surface area (Å²) < 4.78 is 11.1. The average molecular weight is 306 g/mol. The number of carbonyl (C=O) groups excluding carboxylic acids is 1. The van der Waals surface area contributed by atoms with Gasteiger partial charge in [0.05, 0.1) is 19.8 Å². The summed E-state index contributed by atoms with van der Waals surface area (Å²) in [6.45, 7) is 8.81. The fourth-order valence-corrected chi connectivity index (χ4v) is 2.20. The molecule has 22 heavy (non-hydrogen) atoms. The third kappa shape index (κ3) is 5.00. The molecule has 1 unspecified atom stereocenters. The van der Waals surface area contributed by atoms with Crippen LogP contribution in [0, 0.1) is 12.8 Å². The highest BCUT2D eigenvalue weighted by molar-refractivity contribution is 5.95. The van der Waals surface area contributed by atoms with Crippen LogP contribution >= 0.6 is 0 Å². The highest BCUT2D eigenvalue weighted by Gasteiger charge is 2.21. The monoisotopic (exact) mass is 306 g/mol. The van der Waals surface area contributed by atoms with E-state index >= 15 is 0 Å². The fourth-order valence-electron chi connectivity index (χ4n) is 2.20. The molecule has 0 radical (unpaired) electrons. The number of ether oxygens (including phenoxy) is 2. The zero-order valence-corrected chi connectivity index (χ0v) is 13.6. The van der Waals surface area contributed by atoms with E-state index in [4.69, 9.17) is 9.47 Å². The van der Waals surface area contributed by atoms with Gasteiger partial charge in [-0.3, -0.25) is 4.79 Å². The number of anilines is 1. The SMILES string of the molecule is Cc1ccc(NC(=O)C2COCCN2)cc1OCCC(C)C. The third-order valence-electron chi connectivity index (χ3n) is 3.65. The van der Waals surface area contributed by atoms with Gasteiger partial charge in [0.15, 0.2) is 0 Å². The largest absolute Gasteiger partial charge is 0.493 e. The minimum Gasteiger partial charge on any atom is -0.493 e. The van der Waals surface area contributed by atoms with Gasteiger partial charge < -0.3 is 20.1 Å². The minimum atomic E-state index is -0.291. The molecule has 1 aliphatic heterocycles. The summed E-state index contributed by atoms with van der Waals surface area (Å²) >= 11 is 0. The lowest BCUT2D eigenvalue weighted by Crippen LogP contribution is -2.48. The van der Waals surface area contributed by atoms with E-state index in [1.807, 2.05) is 25.1 Å². The van der Waals surface area contributed by atoms with Crippen LogP contribution in [0.15, 0.2) is 18.2 Å². The molecular weight excluding hydrogens is 280 g/mol. The van der Waals surface area contributed by atoms with Crippen LogP contribution in [0.25, 0.3) is 0 Å². The van der Waals surface area contributed by atoms with E-state index in [9.17, 15) is 4.79 Å². The molecule has 1 saturated heterocycles. The molecule has 1 aromatic rings. The summed E-state index contributed by atoms with van der Waals surface area (Å²) in [5, 5.41) is 6.06. The summed E-state index contributed by atoms with van der Waals surface area (Å²) in [7, 11) is 0. The summed E-state index contributed by atoms with van der Waals surface area (Å²) in [6, 6.07) is 5.45. The summed E-state index contributed by atoms with van der Waals surface area (Å²) in [5.74, 6) is 1.36. The van der Waals surface area contributed by atoms with Crippen LogP contribution < -0.4 is 15.4 Å². The Bertz CT molecular complexity index is 497. The van der Waals surface area contributed by atoms with Crippen molar-refractivity contribution in [2.45, 2.75) is 33.2 Å². The van der Waals surface area contributed by atoms with E-state index in [0.717, 1.165) is 23.4 Å². The first-order valence-electron chi connectivity index (χ1n) is 7.91. The molecule has 1 heterocycles. The Kier molecular flexibility index (Phi) is 6.21. The van der Waals surface area contributed by atoms with Gasteiger partial charge in [-0.1, -0.05) is 19.9 Å². The normalized spacial score (nSPS) is 18.3. The maximum Gasteiger partial charge on any atom is 0.243 e. The van der Waals surface area contributed by atoms with Crippen molar-refractivity contribution >= 4 is 11.6 Å². The van der Waals surface area contributed by atoms with Gasteiger partial charge in [-0.05, 0) is 30.9 Å². The van der Waals surface area contributed by atoms with Crippen molar-refractivity contribution in [2.24, 2.45) is 5.92 Å². The molecule has 1 aliphatic rings. The first kappa shape index (κ1) is 16.8. The predicted octanol–water partition coefficient (Wildman–Crippen LogP) is 2.35. The Morgan fingerprint density at radius 1 is 1.50 bits per heavy atom. The summed E-state index contributed by atoms with van der Waals surface area (Å²) in [5.41, 5.74) is 1.82. The van der Waals surface area contributed by atoms with Crippen LogP contribution in [-0.2, 0) is 9.53 Å². The van der Waals surface area contributed by atoms with E-state index in [-0.39, 0.29) is 11.9 Å². The van der Waals surface area contributed by atoms with Gasteiger partial charge in [-0.15, -0.1) is 0 Å². The maximum absolute atomic E-state index is 12.2. The first-order valence-corrected chi connectivity index (χ1v) is 7.91. The number of amides is 1. The number of nitrogens with one attached hydrogen (secondary N) is 2. The van der Waals surface area contributed by atoms with Gasteiger partial charge >= 0.3 is 0 Å². The Hall–Kier alpha value is -1.59. The topological polar surface area (TPSA) is 59.6 Å². The zero-order valence-electron chi connectivity index (χ0n) is 13.6. The Morgan fingerprint density at radius 2 is 2.32 bits per heavy atom. The van der Waals surface area contributed by atoms with Crippen molar-refractivity contribution in [1.29, 1.82) is 0 Å². The number of morpholine rings is 1. The Labute approximate surface area is 132 Å². The molecule has 0 bridgehead atoms. The van der Waals surface area contributed by atoms with E-state index in [2.05, 4.69) is 24.5 Å². The Balaban J connectivity index is 1.94. The number of benzene rings is 1. The molecular formula is C17H26N2O3. The molecule has 0 aliphatic carbocycles. The quantitative estimate of drug-likeness (QED) is 0.847. The molecule has 5 heteroatoms. The molecule has 2 rings (SSSR count). The number of carbonyl (C=O) groups is 1. The summed E-state index contributed by atoms with van der Waals surface area (Å²) in [6.07, 6.45) is 1.01. The Morgan fingerprint density at radius 3 is 3.00 bits per heavy atom. The number of rotatable bonds is 6. The number of aryl methyl sites for hydroxylation is 1. The maximum atomic E-state index is 12.2. The van der Waals surface area contributed by atoms with Crippen molar-refractivity contribution in [3.05, 3.63) is 23.8 Å². The van der Waals surface area contributed by atoms with E-state index in [0.29, 0.717) is 32.3 Å².